The van der Waals surface area contributed by atoms with Crippen molar-refractivity contribution < 1.29 is 0 Å². The highest BCUT2D eigenvalue weighted by Crippen LogP contribution is 2.25. The smallest absolute Gasteiger partial charge is 0.0637 e. The Labute approximate surface area is 118 Å². The summed E-state index contributed by atoms with van der Waals surface area (Å²) < 4.78 is 0. The number of rotatable bonds is 6. The molecule has 0 aliphatic rings. The third-order valence-corrected chi connectivity index (χ3v) is 3.50. The van der Waals surface area contributed by atoms with Crippen LogP contribution in [0.2, 0.25) is 5.02 Å². The van der Waals surface area contributed by atoms with Gasteiger partial charge in [0.2, 0.25) is 0 Å². The summed E-state index contributed by atoms with van der Waals surface area (Å²) in [4.78, 5) is 3.99. The predicted octanol–water partition coefficient (Wildman–Crippen LogP) is 3.26. The first-order chi connectivity index (χ1) is 9.31. The minimum atomic E-state index is 0.0687. The van der Waals surface area contributed by atoms with Gasteiger partial charge in [0, 0.05) is 18.4 Å². The second-order valence-electron chi connectivity index (χ2n) is 4.49. The van der Waals surface area contributed by atoms with Crippen LogP contribution in [-0.4, -0.2) is 4.98 Å². The second-order valence-corrected chi connectivity index (χ2v) is 4.90. The molecule has 4 heteroatoms. The van der Waals surface area contributed by atoms with Crippen molar-refractivity contribution in [2.24, 2.45) is 5.84 Å². The maximum Gasteiger partial charge on any atom is 0.0637 e. The maximum absolute atomic E-state index is 6.14. The fourth-order valence-electron chi connectivity index (χ4n) is 2.15. The van der Waals surface area contributed by atoms with Crippen LogP contribution in [0.1, 0.15) is 30.0 Å². The lowest BCUT2D eigenvalue weighted by Gasteiger charge is -2.17. The van der Waals surface area contributed by atoms with Crippen molar-refractivity contribution in [3.8, 4) is 0 Å². The van der Waals surface area contributed by atoms with Gasteiger partial charge in [-0.2, -0.15) is 0 Å². The van der Waals surface area contributed by atoms with E-state index in [0.29, 0.717) is 5.02 Å². The molecule has 0 aliphatic heterocycles. The molecule has 1 aromatic carbocycles. The molecule has 0 saturated carbocycles. The third kappa shape index (κ3) is 4.03. The molecule has 0 aliphatic carbocycles. The molecular formula is C15H18ClN3. The molecule has 0 amide bonds. The van der Waals surface area contributed by atoms with Gasteiger partial charge >= 0.3 is 0 Å². The number of pyridine rings is 1. The Hall–Kier alpha value is -1.42. The molecular weight excluding hydrogens is 258 g/mol. The van der Waals surface area contributed by atoms with E-state index in [1.807, 2.05) is 12.1 Å². The number of halogens is 1. The number of hydrogen-bond donors (Lipinski definition) is 2. The van der Waals surface area contributed by atoms with E-state index in [1.165, 1.54) is 5.56 Å². The SMILES string of the molecule is NNC(CCCc1ccccc1)c1ccncc1Cl. The summed E-state index contributed by atoms with van der Waals surface area (Å²) in [5, 5.41) is 0.658. The average molecular weight is 276 g/mol. The zero-order valence-electron chi connectivity index (χ0n) is 10.7. The number of aryl methyl sites for hydroxylation is 1. The highest BCUT2D eigenvalue weighted by atomic mass is 35.5. The lowest BCUT2D eigenvalue weighted by atomic mass is 10.0. The highest BCUT2D eigenvalue weighted by molar-refractivity contribution is 6.31. The van der Waals surface area contributed by atoms with Gasteiger partial charge in [-0.25, -0.2) is 0 Å². The van der Waals surface area contributed by atoms with Crippen molar-refractivity contribution in [1.29, 1.82) is 0 Å². The Balaban J connectivity index is 1.92. The topological polar surface area (TPSA) is 50.9 Å². The van der Waals surface area contributed by atoms with Crippen molar-refractivity contribution in [2.45, 2.75) is 25.3 Å². The zero-order chi connectivity index (χ0) is 13.5. The van der Waals surface area contributed by atoms with Crippen molar-refractivity contribution in [2.75, 3.05) is 0 Å². The predicted molar refractivity (Wildman–Crippen MR) is 78.7 cm³/mol. The molecule has 19 heavy (non-hydrogen) atoms. The number of benzene rings is 1. The highest BCUT2D eigenvalue weighted by Gasteiger charge is 2.12. The van der Waals surface area contributed by atoms with E-state index in [4.69, 9.17) is 17.4 Å². The fourth-order valence-corrected chi connectivity index (χ4v) is 2.40. The van der Waals surface area contributed by atoms with Crippen LogP contribution in [0.15, 0.2) is 48.8 Å². The second kappa shape index (κ2) is 7.24. The van der Waals surface area contributed by atoms with Crippen molar-refractivity contribution in [3.05, 3.63) is 64.9 Å². The van der Waals surface area contributed by atoms with Crippen LogP contribution in [0.3, 0.4) is 0 Å². The molecule has 2 aromatic rings. The maximum atomic E-state index is 6.14. The van der Waals surface area contributed by atoms with Gasteiger partial charge in [-0.3, -0.25) is 16.3 Å². The third-order valence-electron chi connectivity index (χ3n) is 3.18. The molecule has 0 radical (unpaired) electrons. The molecule has 1 unspecified atom stereocenters. The van der Waals surface area contributed by atoms with E-state index < -0.39 is 0 Å². The average Bonchev–Trinajstić information content (AvgIpc) is 2.46. The number of hydrogen-bond acceptors (Lipinski definition) is 3. The van der Waals surface area contributed by atoms with Gasteiger partial charge in [-0.05, 0) is 36.5 Å². The molecule has 0 saturated heterocycles. The van der Waals surface area contributed by atoms with Crippen molar-refractivity contribution in [1.82, 2.24) is 10.4 Å². The van der Waals surface area contributed by atoms with Crippen molar-refractivity contribution >= 4 is 11.6 Å². The Morgan fingerprint density at radius 1 is 1.21 bits per heavy atom. The van der Waals surface area contributed by atoms with E-state index in [1.54, 1.807) is 12.4 Å². The first kappa shape index (κ1) is 14.0. The Morgan fingerprint density at radius 3 is 2.68 bits per heavy atom. The van der Waals surface area contributed by atoms with Crippen LogP contribution in [-0.2, 0) is 6.42 Å². The zero-order valence-corrected chi connectivity index (χ0v) is 11.5. The Bertz CT molecular complexity index is 502. The summed E-state index contributed by atoms with van der Waals surface area (Å²) >= 11 is 6.14. The molecule has 1 heterocycles. The van der Waals surface area contributed by atoms with Gasteiger partial charge in [-0.1, -0.05) is 41.9 Å². The number of aromatic nitrogens is 1. The van der Waals surface area contributed by atoms with Crippen LogP contribution in [0, 0.1) is 0 Å². The Morgan fingerprint density at radius 2 is 2.00 bits per heavy atom. The van der Waals surface area contributed by atoms with Crippen molar-refractivity contribution in [3.63, 3.8) is 0 Å². The first-order valence-corrected chi connectivity index (χ1v) is 6.78. The number of nitrogens with two attached hydrogens (primary N) is 1. The lowest BCUT2D eigenvalue weighted by Crippen LogP contribution is -2.28. The van der Waals surface area contributed by atoms with Gasteiger partial charge in [0.15, 0.2) is 0 Å². The van der Waals surface area contributed by atoms with Gasteiger partial charge in [0.1, 0.15) is 0 Å². The first-order valence-electron chi connectivity index (χ1n) is 6.40. The minimum Gasteiger partial charge on any atom is -0.271 e. The summed E-state index contributed by atoms with van der Waals surface area (Å²) in [6.45, 7) is 0. The normalized spacial score (nSPS) is 12.3. The van der Waals surface area contributed by atoms with E-state index in [-0.39, 0.29) is 6.04 Å². The molecule has 0 fully saturated rings. The minimum absolute atomic E-state index is 0.0687. The quantitative estimate of drug-likeness (QED) is 0.628. The van der Waals surface area contributed by atoms with Gasteiger partial charge in [0.25, 0.3) is 0 Å². The van der Waals surface area contributed by atoms with Crippen LogP contribution in [0.25, 0.3) is 0 Å². The molecule has 3 N–H and O–H groups in total. The lowest BCUT2D eigenvalue weighted by molar-refractivity contribution is 0.498. The van der Waals surface area contributed by atoms with Crippen LogP contribution < -0.4 is 11.3 Å². The van der Waals surface area contributed by atoms with Crippen LogP contribution in [0.5, 0.6) is 0 Å². The van der Waals surface area contributed by atoms with Gasteiger partial charge in [0.05, 0.1) is 5.02 Å². The monoisotopic (exact) mass is 275 g/mol. The van der Waals surface area contributed by atoms with Gasteiger partial charge in [-0.15, -0.1) is 0 Å². The van der Waals surface area contributed by atoms with Crippen LogP contribution >= 0.6 is 11.6 Å². The van der Waals surface area contributed by atoms with Gasteiger partial charge < -0.3 is 0 Å². The fraction of sp³-hybridized carbons (Fsp3) is 0.267. The number of nitrogens with one attached hydrogen (secondary N) is 1. The number of hydrazine groups is 1. The van der Waals surface area contributed by atoms with E-state index in [0.717, 1.165) is 24.8 Å². The number of nitrogens with zero attached hydrogens (tertiary/aromatic N) is 1. The molecule has 3 nitrogen and oxygen atoms in total. The molecule has 100 valence electrons. The summed E-state index contributed by atoms with van der Waals surface area (Å²) in [7, 11) is 0. The molecule has 2 rings (SSSR count). The van der Waals surface area contributed by atoms with E-state index >= 15 is 0 Å². The van der Waals surface area contributed by atoms with Crippen LogP contribution in [0.4, 0.5) is 0 Å². The summed E-state index contributed by atoms with van der Waals surface area (Å²) in [5.74, 6) is 5.62. The molecule has 0 spiro atoms. The summed E-state index contributed by atoms with van der Waals surface area (Å²) in [5.41, 5.74) is 5.19. The standard InChI is InChI=1S/C15H18ClN3/c16-14-11-18-10-9-13(14)15(19-17)8-4-7-12-5-2-1-3-6-12/h1-3,5-6,9-11,15,19H,4,7-8,17H2. The largest absolute Gasteiger partial charge is 0.271 e. The van der Waals surface area contributed by atoms with E-state index in [2.05, 4.69) is 34.7 Å². The molecule has 0 bridgehead atoms. The van der Waals surface area contributed by atoms with E-state index in [9.17, 15) is 0 Å². The summed E-state index contributed by atoms with van der Waals surface area (Å²) in [6, 6.07) is 12.4. The molecule has 1 aromatic heterocycles. The Kier molecular flexibility index (Phi) is 5.33. The molecule has 1 atom stereocenters. The summed E-state index contributed by atoms with van der Waals surface area (Å²) in [6.07, 6.45) is 6.43.